The van der Waals surface area contributed by atoms with Gasteiger partial charge in [0.15, 0.2) is 24.0 Å². The molecule has 0 spiro atoms. The molecule has 0 radical (unpaired) electrons. The van der Waals surface area contributed by atoms with E-state index in [4.69, 9.17) is 23.7 Å². The number of ether oxygens (including phenoxy) is 5. The van der Waals surface area contributed by atoms with Crippen molar-refractivity contribution >= 4 is 11.8 Å². The maximum absolute atomic E-state index is 12.7. The number of fused-ring (bicyclic) bond motifs is 3. The summed E-state index contributed by atoms with van der Waals surface area (Å²) in [4.78, 5) is 24.5. The number of nitrogens with one attached hydrogen (secondary N) is 2. The summed E-state index contributed by atoms with van der Waals surface area (Å²) in [5.74, 6) is -2.41. The molecule has 27 heavy (non-hydrogen) atoms. The highest BCUT2D eigenvalue weighted by Gasteiger charge is 2.62. The lowest BCUT2D eigenvalue weighted by molar-refractivity contribution is -0.231. The summed E-state index contributed by atoms with van der Waals surface area (Å²) in [5, 5.41) is 5.37. The molecule has 0 bridgehead atoms. The first-order valence-corrected chi connectivity index (χ1v) is 9.53. The molecule has 2 amide bonds. The largest absolute Gasteiger partial charge is 0.355 e. The lowest BCUT2D eigenvalue weighted by Gasteiger charge is -2.36. The fourth-order valence-corrected chi connectivity index (χ4v) is 3.56. The minimum atomic E-state index is -0.959. The SMILES string of the molecule is CCCCNC(=O)CNC(=O)[C@@H]1O[C@@H]2OC(C)(C)O[C@@H]2[C@H]2OC(C)(C)O[C@H]21. The molecular weight excluding hydrogens is 356 g/mol. The van der Waals surface area contributed by atoms with E-state index in [1.165, 1.54) is 0 Å². The normalized spacial score (nSPS) is 36.0. The van der Waals surface area contributed by atoms with Crippen LogP contribution >= 0.6 is 0 Å². The summed E-state index contributed by atoms with van der Waals surface area (Å²) in [6.07, 6.45) is -1.47. The van der Waals surface area contributed by atoms with E-state index in [1.54, 1.807) is 27.7 Å². The number of amides is 2. The van der Waals surface area contributed by atoms with E-state index < -0.39 is 48.2 Å². The summed E-state index contributed by atoms with van der Waals surface area (Å²) >= 11 is 0. The van der Waals surface area contributed by atoms with Crippen molar-refractivity contribution in [3.63, 3.8) is 0 Å². The molecule has 0 saturated carbocycles. The standard InChI is InChI=1S/C18H30N2O7/c1-6-7-8-19-10(21)9-20-15(22)13-11-12(25-17(2,3)24-11)14-16(23-13)27-18(4,5)26-14/h11-14,16H,6-9H2,1-5H3,(H,19,21)(H,20,22)/t11-,12+,13-,14-,16-/m1/s1. The highest BCUT2D eigenvalue weighted by molar-refractivity contribution is 5.87. The Morgan fingerprint density at radius 3 is 2.22 bits per heavy atom. The first-order chi connectivity index (χ1) is 12.6. The van der Waals surface area contributed by atoms with Gasteiger partial charge in [-0.15, -0.1) is 0 Å². The first kappa shape index (κ1) is 20.5. The second-order valence-electron chi connectivity index (χ2n) is 8.01. The highest BCUT2D eigenvalue weighted by Crippen LogP contribution is 2.44. The van der Waals surface area contributed by atoms with E-state index in [1.807, 2.05) is 6.92 Å². The fourth-order valence-electron chi connectivity index (χ4n) is 3.56. The van der Waals surface area contributed by atoms with Crippen LogP contribution in [0.4, 0.5) is 0 Å². The molecular formula is C18H30N2O7. The lowest BCUT2D eigenvalue weighted by atomic mass is 9.98. The van der Waals surface area contributed by atoms with Gasteiger partial charge in [0.1, 0.15) is 18.3 Å². The molecule has 0 aromatic carbocycles. The Balaban J connectivity index is 1.64. The molecule has 2 N–H and O–H groups in total. The van der Waals surface area contributed by atoms with Gasteiger partial charge in [-0.1, -0.05) is 13.3 Å². The van der Waals surface area contributed by atoms with Gasteiger partial charge < -0.3 is 34.3 Å². The number of unbranched alkanes of at least 4 members (excludes halogenated alkanes) is 1. The third kappa shape index (κ3) is 4.60. The van der Waals surface area contributed by atoms with Crippen LogP contribution in [0.3, 0.4) is 0 Å². The van der Waals surface area contributed by atoms with Gasteiger partial charge >= 0.3 is 0 Å². The van der Waals surface area contributed by atoms with Crippen molar-refractivity contribution < 1.29 is 33.3 Å². The molecule has 0 aromatic heterocycles. The topological polar surface area (TPSA) is 104 Å². The molecule has 3 heterocycles. The van der Waals surface area contributed by atoms with Gasteiger partial charge in [-0.05, 0) is 34.1 Å². The quantitative estimate of drug-likeness (QED) is 0.637. The molecule has 3 aliphatic rings. The Bertz CT molecular complexity index is 580. The number of hydrogen-bond donors (Lipinski definition) is 2. The van der Waals surface area contributed by atoms with Crippen molar-refractivity contribution in [1.82, 2.24) is 10.6 Å². The monoisotopic (exact) mass is 386 g/mol. The average molecular weight is 386 g/mol. The van der Waals surface area contributed by atoms with Crippen molar-refractivity contribution in [2.75, 3.05) is 13.1 Å². The summed E-state index contributed by atoms with van der Waals surface area (Å²) in [6.45, 7) is 9.61. The van der Waals surface area contributed by atoms with Crippen molar-refractivity contribution in [1.29, 1.82) is 0 Å². The van der Waals surface area contributed by atoms with E-state index in [-0.39, 0.29) is 12.5 Å². The minimum absolute atomic E-state index is 0.124. The Kier molecular flexibility index (Phi) is 5.79. The molecule has 9 heteroatoms. The van der Waals surface area contributed by atoms with Crippen LogP contribution in [0.5, 0.6) is 0 Å². The highest BCUT2D eigenvalue weighted by atomic mass is 16.9. The van der Waals surface area contributed by atoms with Crippen molar-refractivity contribution in [2.45, 2.75) is 89.7 Å². The fraction of sp³-hybridized carbons (Fsp3) is 0.889. The summed E-state index contributed by atoms with van der Waals surface area (Å²) in [7, 11) is 0. The Hall–Kier alpha value is -1.26. The molecule has 5 atom stereocenters. The number of carbonyl (C=O) groups is 2. The summed E-state index contributed by atoms with van der Waals surface area (Å²) in [5.41, 5.74) is 0. The predicted molar refractivity (Wildman–Crippen MR) is 93.5 cm³/mol. The average Bonchev–Trinajstić information content (AvgIpc) is 3.06. The molecule has 0 aromatic rings. The summed E-state index contributed by atoms with van der Waals surface area (Å²) < 4.78 is 29.4. The van der Waals surface area contributed by atoms with Gasteiger partial charge in [0.05, 0.1) is 6.54 Å². The van der Waals surface area contributed by atoms with Gasteiger partial charge in [0.2, 0.25) is 5.91 Å². The second kappa shape index (κ2) is 7.63. The Morgan fingerprint density at radius 1 is 0.889 bits per heavy atom. The van der Waals surface area contributed by atoms with Gasteiger partial charge in [0, 0.05) is 6.54 Å². The van der Waals surface area contributed by atoms with Crippen molar-refractivity contribution in [2.24, 2.45) is 0 Å². The molecule has 154 valence electrons. The van der Waals surface area contributed by atoms with Crippen LogP contribution in [0.25, 0.3) is 0 Å². The van der Waals surface area contributed by atoms with E-state index in [2.05, 4.69) is 10.6 Å². The van der Waals surface area contributed by atoms with Crippen LogP contribution in [0.1, 0.15) is 47.5 Å². The van der Waals surface area contributed by atoms with Gasteiger partial charge in [0.25, 0.3) is 5.91 Å². The smallest absolute Gasteiger partial charge is 0.252 e. The molecule has 9 nitrogen and oxygen atoms in total. The lowest BCUT2D eigenvalue weighted by Crippen LogP contribution is -2.60. The van der Waals surface area contributed by atoms with E-state index in [9.17, 15) is 9.59 Å². The number of carbonyl (C=O) groups excluding carboxylic acids is 2. The first-order valence-electron chi connectivity index (χ1n) is 9.53. The second-order valence-corrected chi connectivity index (χ2v) is 8.01. The third-order valence-electron chi connectivity index (χ3n) is 4.69. The van der Waals surface area contributed by atoms with E-state index >= 15 is 0 Å². The predicted octanol–water partition coefficient (Wildman–Crippen LogP) is 0.415. The van der Waals surface area contributed by atoms with Crippen LogP contribution in [0.15, 0.2) is 0 Å². The van der Waals surface area contributed by atoms with Crippen LogP contribution < -0.4 is 10.6 Å². The zero-order valence-electron chi connectivity index (χ0n) is 16.6. The van der Waals surface area contributed by atoms with Crippen LogP contribution in [0.2, 0.25) is 0 Å². The minimum Gasteiger partial charge on any atom is -0.355 e. The maximum atomic E-state index is 12.7. The van der Waals surface area contributed by atoms with Crippen molar-refractivity contribution in [3.05, 3.63) is 0 Å². The van der Waals surface area contributed by atoms with Crippen LogP contribution in [-0.2, 0) is 33.3 Å². The number of rotatable bonds is 6. The third-order valence-corrected chi connectivity index (χ3v) is 4.69. The zero-order valence-corrected chi connectivity index (χ0v) is 16.6. The molecule has 0 aliphatic carbocycles. The van der Waals surface area contributed by atoms with Crippen molar-refractivity contribution in [3.8, 4) is 0 Å². The number of hydrogen-bond acceptors (Lipinski definition) is 7. The van der Waals surface area contributed by atoms with E-state index in [0.717, 1.165) is 12.8 Å². The molecule has 0 unspecified atom stereocenters. The molecule has 3 fully saturated rings. The van der Waals surface area contributed by atoms with Gasteiger partial charge in [-0.3, -0.25) is 9.59 Å². The van der Waals surface area contributed by atoms with E-state index in [0.29, 0.717) is 6.54 Å². The maximum Gasteiger partial charge on any atom is 0.252 e. The Morgan fingerprint density at radius 2 is 1.52 bits per heavy atom. The van der Waals surface area contributed by atoms with Gasteiger partial charge in [-0.2, -0.15) is 0 Å². The van der Waals surface area contributed by atoms with Gasteiger partial charge in [-0.25, -0.2) is 0 Å². The zero-order chi connectivity index (χ0) is 19.8. The molecule has 3 aliphatic heterocycles. The van der Waals surface area contributed by atoms with Crippen LogP contribution in [-0.4, -0.2) is 67.2 Å². The Labute approximate surface area is 159 Å². The summed E-state index contributed by atoms with van der Waals surface area (Å²) in [6, 6.07) is 0. The van der Waals surface area contributed by atoms with Crippen LogP contribution in [0, 0.1) is 0 Å². The molecule has 3 rings (SSSR count). The molecule has 3 saturated heterocycles.